The molecule has 1 N–H and O–H groups in total. The van der Waals surface area contributed by atoms with Gasteiger partial charge in [0.25, 0.3) is 0 Å². The Morgan fingerprint density at radius 1 is 1.43 bits per heavy atom. The van der Waals surface area contributed by atoms with Gasteiger partial charge in [0.15, 0.2) is 0 Å². The number of phenols is 1. The fourth-order valence-electron chi connectivity index (χ4n) is 1.44. The van der Waals surface area contributed by atoms with Gasteiger partial charge >= 0.3 is 0 Å². The van der Waals surface area contributed by atoms with Crippen molar-refractivity contribution in [1.29, 1.82) is 0 Å². The van der Waals surface area contributed by atoms with Crippen LogP contribution in [0.15, 0.2) is 24.3 Å². The molecule has 0 aliphatic carbocycles. The molecule has 78 valence electrons. The Hall–Kier alpha value is -0.690. The minimum atomic E-state index is 0.298. The summed E-state index contributed by atoms with van der Waals surface area (Å²) < 4.78 is 0. The van der Waals surface area contributed by atoms with E-state index in [0.717, 1.165) is 25.7 Å². The largest absolute Gasteiger partial charge is 0.508 e. The van der Waals surface area contributed by atoms with Crippen LogP contribution in [0.25, 0.3) is 0 Å². The van der Waals surface area contributed by atoms with Crippen molar-refractivity contribution in [2.75, 3.05) is 0 Å². The van der Waals surface area contributed by atoms with Crippen LogP contribution in [0.5, 0.6) is 5.75 Å². The maximum absolute atomic E-state index is 9.24. The maximum atomic E-state index is 9.24. The van der Waals surface area contributed by atoms with E-state index in [0.29, 0.717) is 11.1 Å². The summed E-state index contributed by atoms with van der Waals surface area (Å²) >= 11 is 6.01. The zero-order valence-electron chi connectivity index (χ0n) is 8.54. The highest BCUT2D eigenvalue weighted by molar-refractivity contribution is 6.20. The number of alkyl halides is 1. The second kappa shape index (κ2) is 5.92. The van der Waals surface area contributed by atoms with Crippen molar-refractivity contribution in [3.8, 4) is 5.75 Å². The molecule has 1 atom stereocenters. The molecule has 0 amide bonds. The van der Waals surface area contributed by atoms with Crippen molar-refractivity contribution in [1.82, 2.24) is 0 Å². The summed E-state index contributed by atoms with van der Waals surface area (Å²) in [6, 6.07) is 7.42. The third kappa shape index (κ3) is 4.01. The van der Waals surface area contributed by atoms with Crippen molar-refractivity contribution in [3.05, 3.63) is 29.8 Å². The predicted molar refractivity (Wildman–Crippen MR) is 61.0 cm³/mol. The van der Waals surface area contributed by atoms with Gasteiger partial charge in [-0.05, 0) is 43.4 Å². The Kier molecular flexibility index (Phi) is 4.81. The Labute approximate surface area is 90.7 Å². The molecule has 0 aromatic heterocycles. The molecule has 1 aromatic rings. The third-order valence-corrected chi connectivity index (χ3v) is 2.86. The van der Waals surface area contributed by atoms with Gasteiger partial charge in [-0.15, -0.1) is 11.6 Å². The number of hydrogen-bond acceptors (Lipinski definition) is 1. The van der Waals surface area contributed by atoms with E-state index >= 15 is 0 Å². The quantitative estimate of drug-likeness (QED) is 0.738. The summed E-state index contributed by atoms with van der Waals surface area (Å²) in [7, 11) is 0. The fourth-order valence-corrected chi connectivity index (χ4v) is 1.60. The van der Waals surface area contributed by atoms with Gasteiger partial charge in [-0.25, -0.2) is 0 Å². The SMILES string of the molecule is CCC(Cl)CCCc1cccc(O)c1. The molecule has 1 rings (SSSR count). The molecule has 14 heavy (non-hydrogen) atoms. The highest BCUT2D eigenvalue weighted by Crippen LogP contribution is 2.15. The average Bonchev–Trinajstić information content (AvgIpc) is 2.17. The third-order valence-electron chi connectivity index (χ3n) is 2.34. The van der Waals surface area contributed by atoms with Gasteiger partial charge in [0.05, 0.1) is 0 Å². The molecule has 0 radical (unpaired) electrons. The van der Waals surface area contributed by atoms with Gasteiger partial charge in [-0.1, -0.05) is 19.1 Å². The van der Waals surface area contributed by atoms with E-state index in [1.54, 1.807) is 6.07 Å². The molecule has 0 spiro atoms. The molecule has 0 bridgehead atoms. The first-order valence-corrected chi connectivity index (χ1v) is 5.58. The lowest BCUT2D eigenvalue weighted by atomic mass is 10.1. The maximum Gasteiger partial charge on any atom is 0.115 e. The first-order valence-electron chi connectivity index (χ1n) is 5.14. The monoisotopic (exact) mass is 212 g/mol. The van der Waals surface area contributed by atoms with Crippen molar-refractivity contribution < 1.29 is 5.11 Å². The van der Waals surface area contributed by atoms with Crippen molar-refractivity contribution in [2.24, 2.45) is 0 Å². The first-order chi connectivity index (χ1) is 6.72. The molecular formula is C12H17ClO. The van der Waals surface area contributed by atoms with Gasteiger partial charge in [0, 0.05) is 5.38 Å². The van der Waals surface area contributed by atoms with Crippen LogP contribution in [-0.4, -0.2) is 10.5 Å². The smallest absolute Gasteiger partial charge is 0.115 e. The molecule has 1 nitrogen and oxygen atoms in total. The van der Waals surface area contributed by atoms with Crippen molar-refractivity contribution in [2.45, 2.75) is 38.0 Å². The van der Waals surface area contributed by atoms with Crippen LogP contribution in [0, 0.1) is 0 Å². The van der Waals surface area contributed by atoms with Crippen LogP contribution in [0.4, 0.5) is 0 Å². The molecule has 0 fully saturated rings. The number of aromatic hydroxyl groups is 1. The highest BCUT2D eigenvalue weighted by atomic mass is 35.5. The standard InChI is InChI=1S/C12H17ClO/c1-2-11(13)7-3-5-10-6-4-8-12(14)9-10/h4,6,8-9,11,14H,2-3,5,7H2,1H3. The molecule has 2 heteroatoms. The summed E-state index contributed by atoms with van der Waals surface area (Å²) in [4.78, 5) is 0. The molecule has 0 aliphatic rings. The second-order valence-corrected chi connectivity index (χ2v) is 4.18. The Bertz CT molecular complexity index is 273. The second-order valence-electron chi connectivity index (χ2n) is 3.57. The molecular weight excluding hydrogens is 196 g/mol. The van der Waals surface area contributed by atoms with Crippen molar-refractivity contribution in [3.63, 3.8) is 0 Å². The minimum Gasteiger partial charge on any atom is -0.508 e. The van der Waals surface area contributed by atoms with Crippen LogP contribution in [0.3, 0.4) is 0 Å². The molecule has 0 heterocycles. The van der Waals surface area contributed by atoms with Gasteiger partial charge < -0.3 is 5.11 Å². The number of hydrogen-bond donors (Lipinski definition) is 1. The number of aryl methyl sites for hydroxylation is 1. The first kappa shape index (κ1) is 11.4. The van der Waals surface area contributed by atoms with Gasteiger partial charge in [0.1, 0.15) is 5.75 Å². The molecule has 0 saturated heterocycles. The van der Waals surface area contributed by atoms with Gasteiger partial charge in [-0.2, -0.15) is 0 Å². The van der Waals surface area contributed by atoms with E-state index in [4.69, 9.17) is 11.6 Å². The van der Waals surface area contributed by atoms with E-state index in [9.17, 15) is 5.11 Å². The summed E-state index contributed by atoms with van der Waals surface area (Å²) in [6.07, 6.45) is 4.17. The van der Waals surface area contributed by atoms with Crippen LogP contribution < -0.4 is 0 Å². The van der Waals surface area contributed by atoms with Gasteiger partial charge in [-0.3, -0.25) is 0 Å². The van der Waals surface area contributed by atoms with Crippen LogP contribution >= 0.6 is 11.6 Å². The summed E-state index contributed by atoms with van der Waals surface area (Å²) in [5, 5.41) is 9.54. The topological polar surface area (TPSA) is 20.2 Å². The van der Waals surface area contributed by atoms with Crippen molar-refractivity contribution >= 4 is 11.6 Å². The van der Waals surface area contributed by atoms with E-state index < -0.39 is 0 Å². The lowest BCUT2D eigenvalue weighted by molar-refractivity contribution is 0.474. The fraction of sp³-hybridized carbons (Fsp3) is 0.500. The molecule has 1 unspecified atom stereocenters. The summed E-state index contributed by atoms with van der Waals surface area (Å²) in [5.41, 5.74) is 1.19. The lowest BCUT2D eigenvalue weighted by Crippen LogP contribution is -1.96. The average molecular weight is 213 g/mol. The minimum absolute atomic E-state index is 0.298. The van der Waals surface area contributed by atoms with Crippen LogP contribution in [-0.2, 0) is 6.42 Å². The van der Waals surface area contributed by atoms with E-state index in [-0.39, 0.29) is 0 Å². The normalized spacial score (nSPS) is 12.7. The zero-order valence-corrected chi connectivity index (χ0v) is 9.30. The van der Waals surface area contributed by atoms with E-state index in [1.165, 1.54) is 5.56 Å². The molecule has 1 aromatic carbocycles. The number of phenolic OH excluding ortho intramolecular Hbond substituents is 1. The van der Waals surface area contributed by atoms with E-state index in [1.807, 2.05) is 18.2 Å². The number of rotatable bonds is 5. The van der Waals surface area contributed by atoms with Gasteiger partial charge in [0.2, 0.25) is 0 Å². The Balaban J connectivity index is 2.31. The summed E-state index contributed by atoms with van der Waals surface area (Å²) in [5.74, 6) is 0.348. The molecule has 0 saturated carbocycles. The Morgan fingerprint density at radius 3 is 2.86 bits per heavy atom. The molecule has 0 aliphatic heterocycles. The van der Waals surface area contributed by atoms with Crippen LogP contribution in [0.1, 0.15) is 31.7 Å². The number of benzene rings is 1. The number of halogens is 1. The van der Waals surface area contributed by atoms with E-state index in [2.05, 4.69) is 6.92 Å². The Morgan fingerprint density at radius 2 is 2.21 bits per heavy atom. The summed E-state index contributed by atoms with van der Waals surface area (Å²) in [6.45, 7) is 2.10. The predicted octanol–water partition coefficient (Wildman–Crippen LogP) is 3.73. The lowest BCUT2D eigenvalue weighted by Gasteiger charge is -2.05. The van der Waals surface area contributed by atoms with Crippen LogP contribution in [0.2, 0.25) is 0 Å². The highest BCUT2D eigenvalue weighted by Gasteiger charge is 2.01. The zero-order chi connectivity index (χ0) is 10.4.